The molecule has 3 rings (SSSR count). The highest BCUT2D eigenvalue weighted by atomic mass is 16.5. The average Bonchev–Trinajstić information content (AvgIpc) is 2.90. The minimum absolute atomic E-state index is 0.0379. The van der Waals surface area contributed by atoms with Crippen LogP contribution in [0.2, 0.25) is 0 Å². The first-order valence-corrected chi connectivity index (χ1v) is 8.89. The normalized spacial score (nSPS) is 13.9. The first-order chi connectivity index (χ1) is 13.4. The van der Waals surface area contributed by atoms with Gasteiger partial charge in [-0.3, -0.25) is 24.1 Å². The molecule has 1 aliphatic rings. The fourth-order valence-electron chi connectivity index (χ4n) is 3.04. The minimum atomic E-state index is -0.539. The minimum Gasteiger partial charge on any atom is -0.458 e. The molecular formula is C21H20N2O5. The highest BCUT2D eigenvalue weighted by Crippen LogP contribution is 2.24. The number of hydrogen-bond donors (Lipinski definition) is 1. The van der Waals surface area contributed by atoms with Crippen LogP contribution < -0.4 is 5.32 Å². The molecule has 0 fully saturated rings. The largest absolute Gasteiger partial charge is 0.458 e. The second kappa shape index (κ2) is 8.04. The SMILES string of the molecule is CC(=O)Nc1cccc([C@@H](C)OC(=O)CCN2C(=O)c3ccccc3C2=O)c1. The fourth-order valence-corrected chi connectivity index (χ4v) is 3.04. The van der Waals surface area contributed by atoms with Gasteiger partial charge in [-0.1, -0.05) is 24.3 Å². The summed E-state index contributed by atoms with van der Waals surface area (Å²) in [7, 11) is 0. The van der Waals surface area contributed by atoms with Gasteiger partial charge in [0.2, 0.25) is 5.91 Å². The van der Waals surface area contributed by atoms with Gasteiger partial charge in [0.15, 0.2) is 0 Å². The molecule has 0 bridgehead atoms. The van der Waals surface area contributed by atoms with E-state index in [-0.39, 0.29) is 18.9 Å². The molecule has 1 heterocycles. The third-order valence-electron chi connectivity index (χ3n) is 4.40. The monoisotopic (exact) mass is 380 g/mol. The maximum atomic E-state index is 12.3. The lowest BCUT2D eigenvalue weighted by Crippen LogP contribution is -2.32. The van der Waals surface area contributed by atoms with E-state index < -0.39 is 23.9 Å². The van der Waals surface area contributed by atoms with Crippen LogP contribution in [0, 0.1) is 0 Å². The lowest BCUT2D eigenvalue weighted by atomic mass is 10.1. The number of fused-ring (bicyclic) bond motifs is 1. The summed E-state index contributed by atoms with van der Waals surface area (Å²) < 4.78 is 5.40. The molecule has 1 N–H and O–H groups in total. The molecule has 144 valence electrons. The molecule has 7 heteroatoms. The number of ether oxygens (including phenoxy) is 1. The number of carbonyl (C=O) groups is 4. The van der Waals surface area contributed by atoms with E-state index in [9.17, 15) is 19.2 Å². The Hall–Kier alpha value is -3.48. The molecule has 2 aromatic rings. The van der Waals surface area contributed by atoms with E-state index in [4.69, 9.17) is 4.74 Å². The van der Waals surface area contributed by atoms with Crippen molar-refractivity contribution in [2.24, 2.45) is 0 Å². The van der Waals surface area contributed by atoms with Crippen molar-refractivity contribution in [3.63, 3.8) is 0 Å². The molecule has 0 saturated carbocycles. The summed E-state index contributed by atoms with van der Waals surface area (Å²) >= 11 is 0. The molecule has 0 aliphatic carbocycles. The highest BCUT2D eigenvalue weighted by molar-refractivity contribution is 6.21. The van der Waals surface area contributed by atoms with Crippen molar-refractivity contribution in [2.45, 2.75) is 26.4 Å². The molecule has 28 heavy (non-hydrogen) atoms. The summed E-state index contributed by atoms with van der Waals surface area (Å²) in [6.07, 6.45) is -0.635. The number of nitrogens with zero attached hydrogens (tertiary/aromatic N) is 1. The third-order valence-corrected chi connectivity index (χ3v) is 4.40. The van der Waals surface area contributed by atoms with Gasteiger partial charge in [0.1, 0.15) is 6.10 Å². The molecule has 1 aliphatic heterocycles. The first-order valence-electron chi connectivity index (χ1n) is 8.89. The van der Waals surface area contributed by atoms with Crippen LogP contribution in [0.1, 0.15) is 52.7 Å². The molecule has 0 unspecified atom stereocenters. The summed E-state index contributed by atoms with van der Waals surface area (Å²) in [6.45, 7) is 3.09. The van der Waals surface area contributed by atoms with Gasteiger partial charge in [0.25, 0.3) is 11.8 Å². The molecule has 0 aromatic heterocycles. The van der Waals surface area contributed by atoms with Crippen molar-refractivity contribution in [1.29, 1.82) is 0 Å². The van der Waals surface area contributed by atoms with Crippen LogP contribution in [-0.4, -0.2) is 35.1 Å². The van der Waals surface area contributed by atoms with Crippen LogP contribution in [0.25, 0.3) is 0 Å². The molecule has 0 saturated heterocycles. The number of nitrogens with one attached hydrogen (secondary N) is 1. The Morgan fingerprint density at radius 2 is 1.68 bits per heavy atom. The molecule has 7 nitrogen and oxygen atoms in total. The van der Waals surface area contributed by atoms with Gasteiger partial charge in [0, 0.05) is 19.2 Å². The van der Waals surface area contributed by atoms with Crippen molar-refractivity contribution in [1.82, 2.24) is 4.90 Å². The van der Waals surface area contributed by atoms with E-state index in [1.165, 1.54) is 6.92 Å². The predicted molar refractivity (Wildman–Crippen MR) is 102 cm³/mol. The number of hydrogen-bond acceptors (Lipinski definition) is 5. The summed E-state index contributed by atoms with van der Waals surface area (Å²) in [5, 5.41) is 2.67. The van der Waals surface area contributed by atoms with Gasteiger partial charge in [-0.2, -0.15) is 0 Å². The number of anilines is 1. The second-order valence-corrected chi connectivity index (χ2v) is 6.50. The molecule has 2 aromatic carbocycles. The van der Waals surface area contributed by atoms with Crippen molar-refractivity contribution >= 4 is 29.4 Å². The highest BCUT2D eigenvalue weighted by Gasteiger charge is 2.35. The Balaban J connectivity index is 1.57. The summed E-state index contributed by atoms with van der Waals surface area (Å²) in [5.74, 6) is -1.51. The van der Waals surface area contributed by atoms with E-state index in [0.717, 1.165) is 10.5 Å². The van der Waals surface area contributed by atoms with E-state index in [0.29, 0.717) is 16.8 Å². The van der Waals surface area contributed by atoms with Crippen LogP contribution in [0.15, 0.2) is 48.5 Å². The number of rotatable bonds is 6. The summed E-state index contributed by atoms with van der Waals surface area (Å²) in [4.78, 5) is 49.0. The van der Waals surface area contributed by atoms with Gasteiger partial charge in [-0.05, 0) is 36.8 Å². The quantitative estimate of drug-likeness (QED) is 0.614. The maximum absolute atomic E-state index is 12.3. The van der Waals surface area contributed by atoms with Crippen LogP contribution in [0.5, 0.6) is 0 Å². The van der Waals surface area contributed by atoms with Crippen LogP contribution >= 0.6 is 0 Å². The number of imide groups is 1. The van der Waals surface area contributed by atoms with Crippen molar-refractivity contribution in [3.05, 3.63) is 65.2 Å². The second-order valence-electron chi connectivity index (χ2n) is 6.50. The van der Waals surface area contributed by atoms with E-state index in [2.05, 4.69) is 5.32 Å². The molecule has 1 atom stereocenters. The average molecular weight is 380 g/mol. The zero-order chi connectivity index (χ0) is 20.3. The standard InChI is InChI=1S/C21H20N2O5/c1-13(15-6-5-7-16(12-15)22-14(2)24)28-19(25)10-11-23-20(26)17-8-3-4-9-18(17)21(23)27/h3-9,12-13H,10-11H2,1-2H3,(H,22,24)/t13-/m1/s1. The maximum Gasteiger partial charge on any atom is 0.308 e. The molecular weight excluding hydrogens is 360 g/mol. The molecule has 3 amide bonds. The predicted octanol–water partition coefficient (Wildman–Crippen LogP) is 2.94. The molecule has 0 spiro atoms. The van der Waals surface area contributed by atoms with Gasteiger partial charge in [-0.25, -0.2) is 0 Å². The Kier molecular flexibility index (Phi) is 5.54. The summed E-state index contributed by atoms with van der Waals surface area (Å²) in [5.41, 5.74) is 2.03. The Labute approximate surface area is 162 Å². The summed E-state index contributed by atoms with van der Waals surface area (Å²) in [6, 6.07) is 13.6. The number of esters is 1. The lowest BCUT2D eigenvalue weighted by molar-refractivity contribution is -0.148. The topological polar surface area (TPSA) is 92.8 Å². The Morgan fingerprint density at radius 3 is 2.29 bits per heavy atom. The van der Waals surface area contributed by atoms with E-state index >= 15 is 0 Å². The lowest BCUT2D eigenvalue weighted by Gasteiger charge is -2.17. The number of carbonyl (C=O) groups excluding carboxylic acids is 4. The van der Waals surface area contributed by atoms with Crippen LogP contribution in [0.4, 0.5) is 5.69 Å². The smallest absolute Gasteiger partial charge is 0.308 e. The van der Waals surface area contributed by atoms with Gasteiger partial charge in [0.05, 0.1) is 17.5 Å². The van der Waals surface area contributed by atoms with Gasteiger partial charge < -0.3 is 10.1 Å². The zero-order valence-corrected chi connectivity index (χ0v) is 15.6. The zero-order valence-electron chi connectivity index (χ0n) is 15.6. The Morgan fingerprint density at radius 1 is 1.04 bits per heavy atom. The van der Waals surface area contributed by atoms with Crippen molar-refractivity contribution in [2.75, 3.05) is 11.9 Å². The Bertz CT molecular complexity index is 918. The van der Waals surface area contributed by atoms with Gasteiger partial charge >= 0.3 is 5.97 Å². The van der Waals surface area contributed by atoms with E-state index in [1.54, 1.807) is 55.5 Å². The van der Waals surface area contributed by atoms with Crippen molar-refractivity contribution in [3.8, 4) is 0 Å². The van der Waals surface area contributed by atoms with Crippen molar-refractivity contribution < 1.29 is 23.9 Å². The van der Waals surface area contributed by atoms with E-state index in [1.807, 2.05) is 0 Å². The number of amides is 3. The van der Waals surface area contributed by atoms with Gasteiger partial charge in [-0.15, -0.1) is 0 Å². The number of benzene rings is 2. The fraction of sp³-hybridized carbons (Fsp3) is 0.238. The van der Waals surface area contributed by atoms with Crippen LogP contribution in [0.3, 0.4) is 0 Å². The molecule has 0 radical (unpaired) electrons. The van der Waals surface area contributed by atoms with Crippen LogP contribution in [-0.2, 0) is 14.3 Å². The third kappa shape index (κ3) is 4.09. The first kappa shape index (κ1) is 19.3.